The van der Waals surface area contributed by atoms with Gasteiger partial charge in [-0.3, -0.25) is 4.90 Å². The second-order valence-electron chi connectivity index (χ2n) is 4.57. The molecule has 0 spiro atoms. The van der Waals surface area contributed by atoms with Crippen LogP contribution in [0.1, 0.15) is 11.1 Å². The first-order valence-corrected chi connectivity index (χ1v) is 7.73. The Kier molecular flexibility index (Phi) is 4.89. The van der Waals surface area contributed by atoms with Crippen LogP contribution in [0.5, 0.6) is 0 Å². The molecule has 1 aliphatic rings. The summed E-state index contributed by atoms with van der Waals surface area (Å²) in [6.45, 7) is 4.60. The Morgan fingerprint density at radius 2 is 1.74 bits per heavy atom. The van der Waals surface area contributed by atoms with Gasteiger partial charge in [0.25, 0.3) is 10.2 Å². The van der Waals surface area contributed by atoms with Crippen molar-refractivity contribution in [2.75, 3.05) is 26.3 Å². The maximum absolute atomic E-state index is 10.8. The average Bonchev–Trinajstić information content (AvgIpc) is 2.38. The standard InChI is InChI=1S/C12H19N3O3S/c13-19(16,17)14-9-11-1-3-12(4-2-11)10-15-5-7-18-8-6-15/h1-4,14H,5-10H2,(H2,13,16,17). The number of hydrogen-bond acceptors (Lipinski definition) is 4. The molecule has 0 aromatic heterocycles. The summed E-state index contributed by atoms with van der Waals surface area (Å²) in [5.41, 5.74) is 2.10. The van der Waals surface area contributed by atoms with Crippen molar-refractivity contribution in [1.82, 2.24) is 9.62 Å². The number of benzene rings is 1. The van der Waals surface area contributed by atoms with Crippen molar-refractivity contribution in [3.05, 3.63) is 35.4 Å². The Bertz CT molecular complexity index is 495. The van der Waals surface area contributed by atoms with Gasteiger partial charge in [0.1, 0.15) is 0 Å². The molecule has 0 amide bonds. The predicted octanol–water partition coefficient (Wildman–Crippen LogP) is -0.188. The summed E-state index contributed by atoms with van der Waals surface area (Å²) < 4.78 is 29.1. The highest BCUT2D eigenvalue weighted by atomic mass is 32.2. The van der Waals surface area contributed by atoms with Gasteiger partial charge in [-0.15, -0.1) is 0 Å². The van der Waals surface area contributed by atoms with Crippen LogP contribution >= 0.6 is 0 Å². The van der Waals surface area contributed by atoms with E-state index in [1.165, 1.54) is 5.56 Å². The minimum absolute atomic E-state index is 0.219. The van der Waals surface area contributed by atoms with E-state index in [0.717, 1.165) is 38.4 Å². The number of nitrogens with zero attached hydrogens (tertiary/aromatic N) is 1. The van der Waals surface area contributed by atoms with E-state index >= 15 is 0 Å². The lowest BCUT2D eigenvalue weighted by atomic mass is 10.1. The van der Waals surface area contributed by atoms with E-state index in [9.17, 15) is 8.42 Å². The van der Waals surface area contributed by atoms with Crippen molar-refractivity contribution >= 4 is 10.2 Å². The summed E-state index contributed by atoms with van der Waals surface area (Å²) in [6.07, 6.45) is 0. The number of morpholine rings is 1. The molecule has 1 saturated heterocycles. The second kappa shape index (κ2) is 6.44. The summed E-state index contributed by atoms with van der Waals surface area (Å²) in [7, 11) is -3.63. The molecule has 3 N–H and O–H groups in total. The first-order chi connectivity index (χ1) is 9.03. The van der Waals surface area contributed by atoms with Gasteiger partial charge in [0.15, 0.2) is 0 Å². The summed E-state index contributed by atoms with van der Waals surface area (Å²) in [6, 6.07) is 7.84. The summed E-state index contributed by atoms with van der Waals surface area (Å²) in [4.78, 5) is 2.33. The molecule has 2 rings (SSSR count). The third-order valence-corrected chi connectivity index (χ3v) is 3.56. The number of nitrogens with two attached hydrogens (primary N) is 1. The van der Waals surface area contributed by atoms with Crippen LogP contribution < -0.4 is 9.86 Å². The molecule has 0 bridgehead atoms. The molecule has 19 heavy (non-hydrogen) atoms. The van der Waals surface area contributed by atoms with Gasteiger partial charge in [-0.25, -0.2) is 5.14 Å². The van der Waals surface area contributed by atoms with Gasteiger partial charge >= 0.3 is 0 Å². The SMILES string of the molecule is NS(=O)(=O)NCc1ccc(CN2CCOCC2)cc1. The van der Waals surface area contributed by atoms with Gasteiger partial charge in [-0.1, -0.05) is 24.3 Å². The molecule has 0 unspecified atom stereocenters. The van der Waals surface area contributed by atoms with Crippen molar-refractivity contribution in [1.29, 1.82) is 0 Å². The average molecular weight is 285 g/mol. The maximum Gasteiger partial charge on any atom is 0.274 e. The summed E-state index contributed by atoms with van der Waals surface area (Å²) in [5, 5.41) is 4.88. The molecule has 0 radical (unpaired) electrons. The van der Waals surface area contributed by atoms with Crippen LogP contribution in [0.25, 0.3) is 0 Å². The third kappa shape index (κ3) is 5.25. The molecule has 6 nitrogen and oxygen atoms in total. The van der Waals surface area contributed by atoms with E-state index < -0.39 is 10.2 Å². The van der Waals surface area contributed by atoms with Gasteiger partial charge in [0.2, 0.25) is 0 Å². The molecule has 1 aliphatic heterocycles. The van der Waals surface area contributed by atoms with Crippen LogP contribution in [0.2, 0.25) is 0 Å². The van der Waals surface area contributed by atoms with E-state index in [-0.39, 0.29) is 6.54 Å². The highest BCUT2D eigenvalue weighted by molar-refractivity contribution is 7.87. The summed E-state index contributed by atoms with van der Waals surface area (Å²) >= 11 is 0. The quantitative estimate of drug-likeness (QED) is 0.785. The molecule has 7 heteroatoms. The lowest BCUT2D eigenvalue weighted by Crippen LogP contribution is -2.35. The fourth-order valence-corrected chi connectivity index (χ4v) is 2.33. The highest BCUT2D eigenvalue weighted by Crippen LogP contribution is 2.09. The largest absolute Gasteiger partial charge is 0.379 e. The van der Waals surface area contributed by atoms with Crippen molar-refractivity contribution in [2.45, 2.75) is 13.1 Å². The van der Waals surface area contributed by atoms with E-state index in [1.807, 2.05) is 24.3 Å². The second-order valence-corrected chi connectivity index (χ2v) is 5.95. The Morgan fingerprint density at radius 1 is 1.16 bits per heavy atom. The molecule has 1 aromatic carbocycles. The number of rotatable bonds is 5. The van der Waals surface area contributed by atoms with Gasteiger partial charge < -0.3 is 4.74 Å². The molecular weight excluding hydrogens is 266 g/mol. The molecule has 1 fully saturated rings. The van der Waals surface area contributed by atoms with E-state index in [0.29, 0.717) is 0 Å². The number of nitrogens with one attached hydrogen (secondary N) is 1. The van der Waals surface area contributed by atoms with Crippen molar-refractivity contribution in [3.8, 4) is 0 Å². The van der Waals surface area contributed by atoms with Crippen molar-refractivity contribution in [3.63, 3.8) is 0 Å². The zero-order chi connectivity index (χ0) is 13.7. The minimum Gasteiger partial charge on any atom is -0.379 e. The molecule has 1 heterocycles. The Hall–Kier alpha value is -0.990. The summed E-state index contributed by atoms with van der Waals surface area (Å²) in [5.74, 6) is 0. The van der Waals surface area contributed by atoms with Crippen molar-refractivity contribution in [2.24, 2.45) is 5.14 Å². The van der Waals surface area contributed by atoms with E-state index in [4.69, 9.17) is 9.88 Å². The third-order valence-electron chi connectivity index (χ3n) is 3.01. The van der Waals surface area contributed by atoms with Crippen LogP contribution in [0, 0.1) is 0 Å². The normalized spacial score (nSPS) is 17.5. The highest BCUT2D eigenvalue weighted by Gasteiger charge is 2.10. The fraction of sp³-hybridized carbons (Fsp3) is 0.500. The van der Waals surface area contributed by atoms with E-state index in [2.05, 4.69) is 9.62 Å². The smallest absolute Gasteiger partial charge is 0.274 e. The predicted molar refractivity (Wildman–Crippen MR) is 72.5 cm³/mol. The molecule has 1 aromatic rings. The van der Waals surface area contributed by atoms with Crippen LogP contribution in [0.15, 0.2) is 24.3 Å². The van der Waals surface area contributed by atoms with Gasteiger partial charge in [-0.05, 0) is 11.1 Å². The zero-order valence-corrected chi connectivity index (χ0v) is 11.5. The van der Waals surface area contributed by atoms with Gasteiger partial charge in [0.05, 0.1) is 13.2 Å². The molecular formula is C12H19N3O3S. The molecule has 106 valence electrons. The lowest BCUT2D eigenvalue weighted by Gasteiger charge is -2.26. The molecule has 0 atom stereocenters. The Morgan fingerprint density at radius 3 is 2.32 bits per heavy atom. The van der Waals surface area contributed by atoms with Crippen molar-refractivity contribution < 1.29 is 13.2 Å². The van der Waals surface area contributed by atoms with Crippen LogP contribution in [0.3, 0.4) is 0 Å². The first kappa shape index (κ1) is 14.4. The number of hydrogen-bond donors (Lipinski definition) is 2. The Labute approximate surface area is 113 Å². The fourth-order valence-electron chi connectivity index (χ4n) is 1.96. The van der Waals surface area contributed by atoms with Gasteiger partial charge in [-0.2, -0.15) is 13.1 Å². The molecule has 0 saturated carbocycles. The first-order valence-electron chi connectivity index (χ1n) is 6.18. The lowest BCUT2D eigenvalue weighted by molar-refractivity contribution is 0.0342. The monoisotopic (exact) mass is 285 g/mol. The van der Waals surface area contributed by atoms with Crippen LogP contribution in [0.4, 0.5) is 0 Å². The molecule has 0 aliphatic carbocycles. The number of ether oxygens (including phenoxy) is 1. The van der Waals surface area contributed by atoms with Crippen LogP contribution in [-0.4, -0.2) is 39.6 Å². The van der Waals surface area contributed by atoms with E-state index in [1.54, 1.807) is 0 Å². The Balaban J connectivity index is 1.87. The van der Waals surface area contributed by atoms with Crippen LogP contribution in [-0.2, 0) is 28.0 Å². The maximum atomic E-state index is 10.8. The topological polar surface area (TPSA) is 84.7 Å². The van der Waals surface area contributed by atoms with Gasteiger partial charge in [0, 0.05) is 26.2 Å². The zero-order valence-electron chi connectivity index (χ0n) is 10.7. The minimum atomic E-state index is -3.63.